The van der Waals surface area contributed by atoms with Gasteiger partial charge in [-0.1, -0.05) is 20.8 Å². The van der Waals surface area contributed by atoms with Crippen LogP contribution in [0.5, 0.6) is 0 Å². The number of amides is 1. The number of carbonyl (C=O) groups excluding carboxylic acids is 1. The predicted octanol–water partition coefficient (Wildman–Crippen LogP) is 4.69. The summed E-state index contributed by atoms with van der Waals surface area (Å²) in [6.07, 6.45) is 7.51. The first-order valence-corrected chi connectivity index (χ1v) is 13.2. The van der Waals surface area contributed by atoms with Crippen molar-refractivity contribution in [3.8, 4) is 22.5 Å². The van der Waals surface area contributed by atoms with E-state index >= 15 is 0 Å². The molecule has 1 aliphatic rings. The molecule has 1 saturated heterocycles. The summed E-state index contributed by atoms with van der Waals surface area (Å²) in [6.45, 7) is 10.2. The zero-order valence-electron chi connectivity index (χ0n) is 22.7. The molecular formula is C29H33N9O. The van der Waals surface area contributed by atoms with E-state index in [1.54, 1.807) is 18.6 Å². The van der Waals surface area contributed by atoms with Crippen molar-refractivity contribution >= 4 is 39.3 Å². The van der Waals surface area contributed by atoms with Gasteiger partial charge >= 0.3 is 0 Å². The van der Waals surface area contributed by atoms with E-state index in [-0.39, 0.29) is 11.3 Å². The monoisotopic (exact) mass is 523 g/mol. The number of nitrogens with one attached hydrogen (secondary N) is 3. The van der Waals surface area contributed by atoms with Crippen LogP contribution in [0.15, 0.2) is 49.1 Å². The van der Waals surface area contributed by atoms with Gasteiger partial charge in [-0.15, -0.1) is 0 Å². The second kappa shape index (κ2) is 9.77. The molecule has 0 radical (unpaired) electrons. The summed E-state index contributed by atoms with van der Waals surface area (Å²) >= 11 is 0. The molecule has 0 atom stereocenters. The number of rotatable bonds is 5. The summed E-state index contributed by atoms with van der Waals surface area (Å²) in [4.78, 5) is 34.3. The molecule has 1 aliphatic heterocycles. The Morgan fingerprint density at radius 3 is 2.59 bits per heavy atom. The van der Waals surface area contributed by atoms with Gasteiger partial charge in [0.15, 0.2) is 5.65 Å². The van der Waals surface area contributed by atoms with Crippen molar-refractivity contribution in [2.45, 2.75) is 27.2 Å². The van der Waals surface area contributed by atoms with Gasteiger partial charge in [0.2, 0.25) is 5.91 Å². The normalized spacial score (nSPS) is 14.8. The van der Waals surface area contributed by atoms with Gasteiger partial charge in [-0.05, 0) is 36.7 Å². The summed E-state index contributed by atoms with van der Waals surface area (Å²) < 4.78 is 0. The summed E-state index contributed by atoms with van der Waals surface area (Å²) in [6, 6.07) is 8.21. The minimum atomic E-state index is -0.0921. The Balaban J connectivity index is 1.32. The Morgan fingerprint density at radius 2 is 1.79 bits per heavy atom. The minimum Gasteiger partial charge on any atom is -0.368 e. The zero-order valence-corrected chi connectivity index (χ0v) is 22.7. The van der Waals surface area contributed by atoms with Gasteiger partial charge in [-0.25, -0.2) is 9.97 Å². The molecule has 0 saturated carbocycles. The van der Waals surface area contributed by atoms with Gasteiger partial charge in [0.25, 0.3) is 0 Å². The number of aromatic amines is 2. The van der Waals surface area contributed by atoms with Crippen LogP contribution in [0.4, 0.5) is 11.4 Å². The third kappa shape index (κ3) is 5.20. The molecule has 1 fully saturated rings. The lowest BCUT2D eigenvalue weighted by Crippen LogP contribution is -2.44. The Labute approximate surface area is 226 Å². The molecule has 0 aliphatic carbocycles. The van der Waals surface area contributed by atoms with Gasteiger partial charge in [0, 0.05) is 78.8 Å². The number of hydrogen-bond donors (Lipinski definition) is 3. The third-order valence-electron chi connectivity index (χ3n) is 7.08. The maximum Gasteiger partial charge on any atom is 0.224 e. The molecule has 10 nitrogen and oxygen atoms in total. The molecule has 0 bridgehead atoms. The van der Waals surface area contributed by atoms with E-state index in [4.69, 9.17) is 0 Å². The number of nitrogens with zero attached hydrogens (tertiary/aromatic N) is 6. The Morgan fingerprint density at radius 1 is 1.00 bits per heavy atom. The molecule has 0 aromatic carbocycles. The van der Waals surface area contributed by atoms with E-state index in [1.807, 2.05) is 33.0 Å². The number of carbonyl (C=O) groups is 1. The van der Waals surface area contributed by atoms with E-state index < -0.39 is 0 Å². The van der Waals surface area contributed by atoms with Crippen molar-refractivity contribution in [3.63, 3.8) is 0 Å². The smallest absolute Gasteiger partial charge is 0.224 e. The average Bonchev–Trinajstić information content (AvgIpc) is 3.52. The second-order valence-corrected chi connectivity index (χ2v) is 11.5. The van der Waals surface area contributed by atoms with Crippen LogP contribution in [0.1, 0.15) is 27.2 Å². The number of fused-ring (bicyclic) bond motifs is 2. The molecule has 3 N–H and O–H groups in total. The molecule has 39 heavy (non-hydrogen) atoms. The number of H-pyrrole nitrogens is 2. The first-order valence-electron chi connectivity index (χ1n) is 13.2. The quantitative estimate of drug-likeness (QED) is 0.306. The highest BCUT2D eigenvalue weighted by molar-refractivity contribution is 5.99. The Bertz CT molecular complexity index is 1650. The summed E-state index contributed by atoms with van der Waals surface area (Å²) in [5.74, 6) is -0.0319. The fourth-order valence-corrected chi connectivity index (χ4v) is 5.09. The van der Waals surface area contributed by atoms with E-state index in [2.05, 4.69) is 70.5 Å². The van der Waals surface area contributed by atoms with Crippen molar-refractivity contribution in [1.82, 2.24) is 35.0 Å². The van der Waals surface area contributed by atoms with Gasteiger partial charge < -0.3 is 20.1 Å². The Kier molecular flexibility index (Phi) is 6.26. The molecule has 1 amide bonds. The van der Waals surface area contributed by atoms with E-state index in [9.17, 15) is 4.79 Å². The lowest BCUT2D eigenvalue weighted by atomic mass is 9.92. The van der Waals surface area contributed by atoms with Gasteiger partial charge in [0.05, 0.1) is 23.3 Å². The number of hydrogen-bond acceptors (Lipinski definition) is 7. The molecule has 200 valence electrons. The number of pyridine rings is 3. The summed E-state index contributed by atoms with van der Waals surface area (Å²) in [5, 5.41) is 12.6. The highest BCUT2D eigenvalue weighted by atomic mass is 16.1. The largest absolute Gasteiger partial charge is 0.368 e. The molecule has 0 spiro atoms. The lowest BCUT2D eigenvalue weighted by Gasteiger charge is -2.34. The zero-order chi connectivity index (χ0) is 27.1. The summed E-state index contributed by atoms with van der Waals surface area (Å²) in [5.41, 5.74) is 6.73. The maximum absolute atomic E-state index is 12.5. The van der Waals surface area contributed by atoms with E-state index in [1.165, 1.54) is 5.69 Å². The van der Waals surface area contributed by atoms with Gasteiger partial charge in [-0.3, -0.25) is 14.9 Å². The van der Waals surface area contributed by atoms with Crippen LogP contribution in [0.3, 0.4) is 0 Å². The Hall–Kier alpha value is -4.31. The highest BCUT2D eigenvalue weighted by Crippen LogP contribution is 2.34. The summed E-state index contributed by atoms with van der Waals surface area (Å²) in [7, 11) is 2.16. The van der Waals surface area contributed by atoms with Crippen molar-refractivity contribution in [1.29, 1.82) is 0 Å². The SMILES string of the molecule is CN1CCN(c2ccnc3[nH]c(-c4[nH]nc5ncc(-c6cncc(NC(=O)CC(C)(C)C)c6)cc45)cc23)CC1. The van der Waals surface area contributed by atoms with Crippen LogP contribution < -0.4 is 10.2 Å². The van der Waals surface area contributed by atoms with E-state index in [0.717, 1.165) is 65.1 Å². The molecule has 6 rings (SSSR count). The third-order valence-corrected chi connectivity index (χ3v) is 7.08. The van der Waals surface area contributed by atoms with Crippen LogP contribution in [0.25, 0.3) is 44.6 Å². The van der Waals surface area contributed by atoms with E-state index in [0.29, 0.717) is 17.8 Å². The molecule has 6 heterocycles. The number of anilines is 2. The first kappa shape index (κ1) is 25.0. The van der Waals surface area contributed by atoms with Crippen LogP contribution in [-0.2, 0) is 4.79 Å². The molecule has 0 unspecified atom stereocenters. The minimum absolute atomic E-state index is 0.0319. The maximum atomic E-state index is 12.5. The van der Waals surface area contributed by atoms with Gasteiger partial charge in [0.1, 0.15) is 5.65 Å². The molecule has 5 aromatic heterocycles. The fourth-order valence-electron chi connectivity index (χ4n) is 5.09. The highest BCUT2D eigenvalue weighted by Gasteiger charge is 2.20. The molecule has 10 heteroatoms. The first-order chi connectivity index (χ1) is 18.7. The van der Waals surface area contributed by atoms with Crippen molar-refractivity contribution < 1.29 is 4.79 Å². The average molecular weight is 524 g/mol. The number of aromatic nitrogens is 6. The predicted molar refractivity (Wildman–Crippen MR) is 155 cm³/mol. The number of likely N-dealkylation sites (N-methyl/N-ethyl adjacent to an activating group) is 1. The van der Waals surface area contributed by atoms with Gasteiger partial charge in [-0.2, -0.15) is 5.10 Å². The molecule has 5 aromatic rings. The lowest BCUT2D eigenvalue weighted by molar-refractivity contribution is -0.117. The van der Waals surface area contributed by atoms with Crippen LogP contribution in [-0.4, -0.2) is 74.2 Å². The van der Waals surface area contributed by atoms with Crippen LogP contribution in [0, 0.1) is 5.41 Å². The van der Waals surface area contributed by atoms with Crippen molar-refractivity contribution in [3.05, 3.63) is 49.1 Å². The number of piperazine rings is 1. The van der Waals surface area contributed by atoms with Crippen molar-refractivity contribution in [2.24, 2.45) is 5.41 Å². The van der Waals surface area contributed by atoms with Crippen LogP contribution in [0.2, 0.25) is 0 Å². The topological polar surface area (TPSA) is 119 Å². The fraction of sp³-hybridized carbons (Fsp3) is 0.345. The molecular weight excluding hydrogens is 490 g/mol. The second-order valence-electron chi connectivity index (χ2n) is 11.5. The standard InChI is InChI=1S/C29H33N9O/c1-29(2,3)14-25(39)33-20-11-18(15-30-17-20)19-12-22-26(35-36-28(22)32-16-19)23-13-21-24(5-6-31-27(21)34-23)38-9-7-37(4)8-10-38/h5-6,11-13,15-17H,7-10,14H2,1-4H3,(H,31,34)(H,33,39)(H,32,35,36). The van der Waals surface area contributed by atoms with Crippen molar-refractivity contribution in [2.75, 3.05) is 43.4 Å². The van der Waals surface area contributed by atoms with Crippen LogP contribution >= 0.6 is 0 Å².